The Kier molecular flexibility index (Phi) is 7.10. The summed E-state index contributed by atoms with van der Waals surface area (Å²) in [6.45, 7) is 7.44. The third kappa shape index (κ3) is 5.12. The van der Waals surface area contributed by atoms with Crippen LogP contribution < -0.4 is 9.47 Å². The zero-order valence-electron chi connectivity index (χ0n) is 18.3. The van der Waals surface area contributed by atoms with Gasteiger partial charge in [-0.2, -0.15) is 13.2 Å². The van der Waals surface area contributed by atoms with Gasteiger partial charge in [0.25, 0.3) is 0 Å². The minimum Gasteiger partial charge on any atom is -0.493 e. The number of hydrogen-bond donors (Lipinski definition) is 0. The molecule has 5 nitrogen and oxygen atoms in total. The van der Waals surface area contributed by atoms with E-state index in [1.807, 2.05) is 22.8 Å². The van der Waals surface area contributed by atoms with Crippen molar-refractivity contribution in [1.82, 2.24) is 14.5 Å². The van der Waals surface area contributed by atoms with Crippen LogP contribution in [0.4, 0.5) is 13.2 Å². The largest absolute Gasteiger partial charge is 0.493 e. The first-order chi connectivity index (χ1) is 14.8. The van der Waals surface area contributed by atoms with Gasteiger partial charge in [-0.1, -0.05) is 19.9 Å². The first kappa shape index (κ1) is 22.9. The van der Waals surface area contributed by atoms with Crippen molar-refractivity contribution >= 4 is 11.0 Å². The van der Waals surface area contributed by atoms with Crippen molar-refractivity contribution in [3.05, 3.63) is 53.3 Å². The molecule has 0 amide bonds. The lowest BCUT2D eigenvalue weighted by atomic mass is 10.1. The highest BCUT2D eigenvalue weighted by Crippen LogP contribution is 2.32. The van der Waals surface area contributed by atoms with E-state index in [0.717, 1.165) is 37.3 Å². The summed E-state index contributed by atoms with van der Waals surface area (Å²) >= 11 is 0. The van der Waals surface area contributed by atoms with Gasteiger partial charge < -0.3 is 18.9 Å². The minimum absolute atomic E-state index is 0.352. The number of halogens is 3. The SMILES string of the molecule is CCN(CC)CCn1c(Cc2ccc(OC)c(OC)c2)nc2cc(C(F)(F)F)ccc21. The number of rotatable bonds is 9. The third-order valence-electron chi connectivity index (χ3n) is 5.50. The molecule has 0 bridgehead atoms. The summed E-state index contributed by atoms with van der Waals surface area (Å²) in [6, 6.07) is 9.37. The second kappa shape index (κ2) is 9.60. The second-order valence-electron chi connectivity index (χ2n) is 7.27. The van der Waals surface area contributed by atoms with Gasteiger partial charge in [-0.25, -0.2) is 4.98 Å². The molecule has 0 radical (unpaired) electrons. The van der Waals surface area contributed by atoms with Gasteiger partial charge in [0, 0.05) is 19.5 Å². The Morgan fingerprint density at radius 2 is 1.68 bits per heavy atom. The van der Waals surface area contributed by atoms with Crippen LogP contribution >= 0.6 is 0 Å². The van der Waals surface area contributed by atoms with Crippen LogP contribution in [0, 0.1) is 0 Å². The van der Waals surface area contributed by atoms with E-state index in [4.69, 9.17) is 9.47 Å². The fourth-order valence-corrected chi connectivity index (χ4v) is 3.69. The van der Waals surface area contributed by atoms with E-state index < -0.39 is 11.7 Å². The van der Waals surface area contributed by atoms with Crippen LogP contribution in [0.15, 0.2) is 36.4 Å². The van der Waals surface area contributed by atoms with Crippen molar-refractivity contribution < 1.29 is 22.6 Å². The molecule has 0 unspecified atom stereocenters. The van der Waals surface area contributed by atoms with Crippen molar-refractivity contribution in [2.24, 2.45) is 0 Å². The number of methoxy groups -OCH3 is 2. The van der Waals surface area contributed by atoms with E-state index in [1.54, 1.807) is 14.2 Å². The highest BCUT2D eigenvalue weighted by Gasteiger charge is 2.31. The summed E-state index contributed by atoms with van der Waals surface area (Å²) in [7, 11) is 3.14. The van der Waals surface area contributed by atoms with Crippen LogP contribution in [0.2, 0.25) is 0 Å². The Bertz CT molecular complexity index is 1030. The monoisotopic (exact) mass is 435 g/mol. The number of likely N-dealkylation sites (N-methyl/N-ethyl adjacent to an activating group) is 1. The normalized spacial score (nSPS) is 12.0. The number of fused-ring (bicyclic) bond motifs is 1. The maximum atomic E-state index is 13.2. The van der Waals surface area contributed by atoms with Crippen LogP contribution in [0.3, 0.4) is 0 Å². The van der Waals surface area contributed by atoms with Crippen molar-refractivity contribution in [3.63, 3.8) is 0 Å². The lowest BCUT2D eigenvalue weighted by Crippen LogP contribution is -2.27. The Balaban J connectivity index is 2.02. The third-order valence-corrected chi connectivity index (χ3v) is 5.50. The summed E-state index contributed by atoms with van der Waals surface area (Å²) in [5.41, 5.74) is 1.31. The predicted molar refractivity (Wildman–Crippen MR) is 115 cm³/mol. The summed E-state index contributed by atoms with van der Waals surface area (Å²) in [6.07, 6.45) is -3.93. The Labute approximate surface area is 180 Å². The van der Waals surface area contributed by atoms with E-state index in [9.17, 15) is 13.2 Å². The molecule has 0 aliphatic heterocycles. The smallest absolute Gasteiger partial charge is 0.416 e. The molecule has 0 N–H and O–H groups in total. The van der Waals surface area contributed by atoms with Crippen LogP contribution in [0.25, 0.3) is 11.0 Å². The van der Waals surface area contributed by atoms with Gasteiger partial charge in [0.1, 0.15) is 5.82 Å². The number of aromatic nitrogens is 2. The molecule has 0 spiro atoms. The molecular formula is C23H28F3N3O2. The molecule has 1 aromatic heterocycles. The van der Waals surface area contributed by atoms with E-state index in [-0.39, 0.29) is 0 Å². The van der Waals surface area contributed by atoms with Gasteiger partial charge in [0.15, 0.2) is 11.5 Å². The van der Waals surface area contributed by atoms with Crippen molar-refractivity contribution in [2.45, 2.75) is 33.0 Å². The van der Waals surface area contributed by atoms with Crippen molar-refractivity contribution in [1.29, 1.82) is 0 Å². The fraction of sp³-hybridized carbons (Fsp3) is 0.435. The Morgan fingerprint density at radius 1 is 0.968 bits per heavy atom. The summed E-state index contributed by atoms with van der Waals surface area (Å²) in [5, 5.41) is 0. The van der Waals surface area contributed by atoms with Gasteiger partial charge in [-0.3, -0.25) is 0 Å². The van der Waals surface area contributed by atoms with Gasteiger partial charge in [0.05, 0.1) is 30.8 Å². The topological polar surface area (TPSA) is 39.5 Å². The zero-order valence-corrected chi connectivity index (χ0v) is 18.3. The first-order valence-electron chi connectivity index (χ1n) is 10.3. The molecule has 2 aromatic carbocycles. The van der Waals surface area contributed by atoms with Crippen molar-refractivity contribution in [2.75, 3.05) is 33.9 Å². The average molecular weight is 435 g/mol. The lowest BCUT2D eigenvalue weighted by Gasteiger charge is -2.19. The molecular weight excluding hydrogens is 407 g/mol. The van der Waals surface area contributed by atoms with Crippen molar-refractivity contribution in [3.8, 4) is 11.5 Å². The number of benzene rings is 2. The minimum atomic E-state index is -4.40. The standard InChI is InChI=1S/C23H28F3N3O2/c1-5-28(6-2)11-12-29-19-9-8-17(23(24,25)26)15-18(19)27-22(29)14-16-7-10-20(30-3)21(13-16)31-4/h7-10,13,15H,5-6,11-12,14H2,1-4H3. The number of alkyl halides is 3. The van der Waals surface area contributed by atoms with Gasteiger partial charge >= 0.3 is 6.18 Å². The first-order valence-corrected chi connectivity index (χ1v) is 10.3. The van der Waals surface area contributed by atoms with Crippen LogP contribution in [0.1, 0.15) is 30.8 Å². The molecule has 0 aliphatic rings. The maximum Gasteiger partial charge on any atom is 0.416 e. The van der Waals surface area contributed by atoms with E-state index >= 15 is 0 Å². The average Bonchev–Trinajstić information content (AvgIpc) is 3.10. The molecule has 168 valence electrons. The highest BCUT2D eigenvalue weighted by molar-refractivity contribution is 5.77. The molecule has 0 atom stereocenters. The molecule has 31 heavy (non-hydrogen) atoms. The molecule has 0 fully saturated rings. The van der Waals surface area contributed by atoms with E-state index in [2.05, 4.69) is 23.7 Å². The maximum absolute atomic E-state index is 13.2. The molecule has 0 aliphatic carbocycles. The predicted octanol–water partition coefficient (Wildman–Crippen LogP) is 5.00. The summed E-state index contributed by atoms with van der Waals surface area (Å²) in [5.74, 6) is 1.94. The van der Waals surface area contributed by atoms with Crippen LogP contribution in [-0.2, 0) is 19.1 Å². The Hall–Kier alpha value is -2.74. The molecule has 1 heterocycles. The van der Waals surface area contributed by atoms with Gasteiger partial charge in [-0.05, 0) is 49.0 Å². The van der Waals surface area contributed by atoms with Crippen LogP contribution in [0.5, 0.6) is 11.5 Å². The van der Waals surface area contributed by atoms with Gasteiger partial charge in [-0.15, -0.1) is 0 Å². The molecule has 0 saturated heterocycles. The quantitative estimate of drug-likeness (QED) is 0.474. The molecule has 8 heteroatoms. The number of hydrogen-bond acceptors (Lipinski definition) is 4. The van der Waals surface area contributed by atoms with E-state index in [1.165, 1.54) is 6.07 Å². The van der Waals surface area contributed by atoms with Crippen LogP contribution in [-0.4, -0.2) is 48.3 Å². The number of ether oxygens (including phenoxy) is 2. The molecule has 3 rings (SSSR count). The lowest BCUT2D eigenvalue weighted by molar-refractivity contribution is -0.137. The second-order valence-corrected chi connectivity index (χ2v) is 7.27. The number of nitrogens with zero attached hydrogens (tertiary/aromatic N) is 3. The summed E-state index contributed by atoms with van der Waals surface area (Å²) < 4.78 is 52.3. The highest BCUT2D eigenvalue weighted by atomic mass is 19.4. The molecule has 0 saturated carbocycles. The van der Waals surface area contributed by atoms with E-state index in [0.29, 0.717) is 41.3 Å². The summed E-state index contributed by atoms with van der Waals surface area (Å²) in [4.78, 5) is 6.86. The number of imidazole rings is 1. The molecule has 3 aromatic rings. The Morgan fingerprint density at radius 3 is 2.29 bits per heavy atom. The fourth-order valence-electron chi connectivity index (χ4n) is 3.69. The van der Waals surface area contributed by atoms with Gasteiger partial charge in [0.2, 0.25) is 0 Å². The zero-order chi connectivity index (χ0) is 22.6.